The number of rotatable bonds is 13. The number of halogens is 1. The van der Waals surface area contributed by atoms with Crippen LogP contribution in [0.25, 0.3) is 0 Å². The highest BCUT2D eigenvalue weighted by atomic mass is 79.9. The lowest BCUT2D eigenvalue weighted by Crippen LogP contribution is -2.54. The molecule has 1 heterocycles. The number of hydrogen-bond donors (Lipinski definition) is 1. The quantitative estimate of drug-likeness (QED) is 0.276. The number of nitrogens with zero attached hydrogens (tertiary/aromatic N) is 2. The topological polar surface area (TPSA) is 105 Å². The molecule has 0 aromatic heterocycles. The molecule has 0 unspecified atom stereocenters. The van der Waals surface area contributed by atoms with Crippen LogP contribution < -0.4 is 19.1 Å². The minimum absolute atomic E-state index is 0.102. The number of hydrogen-bond acceptors (Lipinski definition) is 6. The van der Waals surface area contributed by atoms with Gasteiger partial charge in [-0.25, -0.2) is 8.42 Å². The first-order valence-electron chi connectivity index (χ1n) is 14.4. The van der Waals surface area contributed by atoms with Gasteiger partial charge in [0.15, 0.2) is 11.5 Å². The number of anilines is 1. The van der Waals surface area contributed by atoms with Crippen molar-refractivity contribution >= 4 is 43.5 Å². The molecule has 1 N–H and O–H groups in total. The number of fused-ring (bicyclic) bond motifs is 1. The monoisotopic (exact) mass is 671 g/mol. The first-order chi connectivity index (χ1) is 20.6. The third-order valence-corrected chi connectivity index (χ3v) is 9.54. The summed E-state index contributed by atoms with van der Waals surface area (Å²) in [5.74, 6) is -0.107. The lowest BCUT2D eigenvalue weighted by atomic mass is 10.0. The van der Waals surface area contributed by atoms with Crippen molar-refractivity contribution in [1.29, 1.82) is 0 Å². The van der Waals surface area contributed by atoms with Crippen molar-refractivity contribution in [2.75, 3.05) is 29.8 Å². The predicted octanol–water partition coefficient (Wildman–Crippen LogP) is 4.93. The first kappa shape index (κ1) is 32.3. The van der Waals surface area contributed by atoms with E-state index >= 15 is 0 Å². The molecule has 0 saturated heterocycles. The van der Waals surface area contributed by atoms with Crippen LogP contribution in [0.2, 0.25) is 0 Å². The minimum atomic E-state index is -3.89. The maximum atomic E-state index is 14.3. The molecule has 0 aliphatic carbocycles. The van der Waals surface area contributed by atoms with Gasteiger partial charge in [-0.15, -0.1) is 0 Å². The van der Waals surface area contributed by atoms with Crippen molar-refractivity contribution in [3.05, 3.63) is 88.4 Å². The second-order valence-electron chi connectivity index (χ2n) is 10.4. The molecule has 0 spiro atoms. The second-order valence-corrected chi connectivity index (χ2v) is 13.5. The second kappa shape index (κ2) is 14.7. The zero-order valence-electron chi connectivity index (χ0n) is 24.7. The Labute approximate surface area is 262 Å². The standard InChI is InChI=1S/C32H38BrN3O6S/c1-4-23(3)34-32(38)28(19-24-10-7-6-8-11-24)35(21-25-12-9-13-26(33)18-25)31(37)22-36(43(39,40)5-2)27-14-15-29-30(20-27)42-17-16-41-29/h6-15,18,20,23,28H,4-5,16-17,19,21-22H2,1-3H3,(H,34,38)/t23-,28+/m1/s1. The molecule has 0 fully saturated rings. The minimum Gasteiger partial charge on any atom is -0.486 e. The van der Waals surface area contributed by atoms with Gasteiger partial charge in [-0.1, -0.05) is 65.3 Å². The van der Waals surface area contributed by atoms with E-state index in [0.29, 0.717) is 24.7 Å². The van der Waals surface area contributed by atoms with Gasteiger partial charge in [-0.2, -0.15) is 0 Å². The van der Waals surface area contributed by atoms with E-state index in [1.54, 1.807) is 18.2 Å². The molecule has 4 rings (SSSR count). The number of carbonyl (C=O) groups is 2. The Morgan fingerprint density at radius 1 is 0.930 bits per heavy atom. The van der Waals surface area contributed by atoms with E-state index in [0.717, 1.165) is 26.3 Å². The van der Waals surface area contributed by atoms with Crippen molar-refractivity contribution in [2.45, 2.75) is 52.2 Å². The molecule has 3 aromatic rings. The highest BCUT2D eigenvalue weighted by Gasteiger charge is 2.34. The van der Waals surface area contributed by atoms with Gasteiger partial charge in [-0.05, 0) is 55.7 Å². The van der Waals surface area contributed by atoms with Crippen LogP contribution in [0, 0.1) is 0 Å². The number of sulfonamides is 1. The van der Waals surface area contributed by atoms with Gasteiger partial charge in [-0.3, -0.25) is 13.9 Å². The molecule has 9 nitrogen and oxygen atoms in total. The summed E-state index contributed by atoms with van der Waals surface area (Å²) < 4.78 is 40.0. The number of nitrogens with one attached hydrogen (secondary N) is 1. The SMILES string of the molecule is CC[C@@H](C)NC(=O)[C@H](Cc1ccccc1)N(Cc1cccc(Br)c1)C(=O)CN(c1ccc2c(c1)OCCO2)S(=O)(=O)CC. The van der Waals surface area contributed by atoms with E-state index in [4.69, 9.17) is 9.47 Å². The van der Waals surface area contributed by atoms with Gasteiger partial charge in [0, 0.05) is 29.5 Å². The van der Waals surface area contributed by atoms with Crippen LogP contribution >= 0.6 is 15.9 Å². The molecular weight excluding hydrogens is 634 g/mol. The largest absolute Gasteiger partial charge is 0.486 e. The zero-order chi connectivity index (χ0) is 31.0. The molecule has 1 aliphatic heterocycles. The van der Waals surface area contributed by atoms with Gasteiger partial charge >= 0.3 is 0 Å². The van der Waals surface area contributed by atoms with Gasteiger partial charge < -0.3 is 19.7 Å². The average molecular weight is 673 g/mol. The highest BCUT2D eigenvalue weighted by Crippen LogP contribution is 2.35. The van der Waals surface area contributed by atoms with Gasteiger partial charge in [0.25, 0.3) is 0 Å². The molecule has 230 valence electrons. The summed E-state index contributed by atoms with van der Waals surface area (Å²) in [5, 5.41) is 3.04. The van der Waals surface area contributed by atoms with Crippen LogP contribution in [-0.4, -0.2) is 62.7 Å². The van der Waals surface area contributed by atoms with Gasteiger partial charge in [0.05, 0.1) is 11.4 Å². The molecular formula is C32H38BrN3O6S. The van der Waals surface area contributed by atoms with E-state index in [2.05, 4.69) is 21.2 Å². The van der Waals surface area contributed by atoms with Crippen LogP contribution in [0.4, 0.5) is 5.69 Å². The summed E-state index contributed by atoms with van der Waals surface area (Å²) in [6, 6.07) is 20.8. The maximum Gasteiger partial charge on any atom is 0.244 e. The molecule has 43 heavy (non-hydrogen) atoms. The molecule has 0 saturated carbocycles. The third kappa shape index (κ3) is 8.51. The highest BCUT2D eigenvalue weighted by molar-refractivity contribution is 9.10. The Kier molecular flexibility index (Phi) is 11.1. The fourth-order valence-electron chi connectivity index (χ4n) is 4.73. The summed E-state index contributed by atoms with van der Waals surface area (Å²) in [6.07, 6.45) is 0.976. The average Bonchev–Trinajstić information content (AvgIpc) is 3.01. The van der Waals surface area contributed by atoms with Crippen LogP contribution in [0.15, 0.2) is 77.3 Å². The Morgan fingerprint density at radius 2 is 1.63 bits per heavy atom. The maximum absolute atomic E-state index is 14.3. The first-order valence-corrected chi connectivity index (χ1v) is 16.8. The van der Waals surface area contributed by atoms with E-state index in [9.17, 15) is 18.0 Å². The van der Waals surface area contributed by atoms with Crippen molar-refractivity contribution in [2.24, 2.45) is 0 Å². The van der Waals surface area contributed by atoms with Crippen LogP contribution in [0.5, 0.6) is 11.5 Å². The summed E-state index contributed by atoms with van der Waals surface area (Å²) in [6.45, 7) is 5.76. The summed E-state index contributed by atoms with van der Waals surface area (Å²) in [4.78, 5) is 29.6. The molecule has 3 aromatic carbocycles. The number of benzene rings is 3. The lowest BCUT2D eigenvalue weighted by Gasteiger charge is -2.34. The Balaban J connectivity index is 1.75. The number of amides is 2. The number of carbonyl (C=O) groups excluding carboxylic acids is 2. The number of ether oxygens (including phenoxy) is 2. The summed E-state index contributed by atoms with van der Waals surface area (Å²) in [5.41, 5.74) is 1.95. The molecule has 2 atom stereocenters. The van der Waals surface area contributed by atoms with Crippen molar-refractivity contribution < 1.29 is 27.5 Å². The zero-order valence-corrected chi connectivity index (χ0v) is 27.1. The molecule has 0 bridgehead atoms. The van der Waals surface area contributed by atoms with E-state index in [1.165, 1.54) is 11.8 Å². The normalized spacial score (nSPS) is 14.0. The van der Waals surface area contributed by atoms with Crippen LogP contribution in [-0.2, 0) is 32.6 Å². The molecule has 11 heteroatoms. The molecule has 2 amide bonds. The smallest absolute Gasteiger partial charge is 0.244 e. The molecule has 1 aliphatic rings. The van der Waals surface area contributed by atoms with E-state index in [-0.39, 0.29) is 36.4 Å². The summed E-state index contributed by atoms with van der Waals surface area (Å²) in [7, 11) is -3.89. The van der Waals surface area contributed by atoms with E-state index in [1.807, 2.05) is 68.4 Å². The van der Waals surface area contributed by atoms with Gasteiger partial charge in [0.2, 0.25) is 21.8 Å². The Hall–Kier alpha value is -3.57. The van der Waals surface area contributed by atoms with Crippen LogP contribution in [0.3, 0.4) is 0 Å². The Bertz CT molecular complexity index is 1520. The van der Waals surface area contributed by atoms with Crippen LogP contribution in [0.1, 0.15) is 38.3 Å². The fourth-order valence-corrected chi connectivity index (χ4v) is 6.23. The van der Waals surface area contributed by atoms with Crippen molar-refractivity contribution in [3.8, 4) is 11.5 Å². The van der Waals surface area contributed by atoms with Crippen molar-refractivity contribution in [3.63, 3.8) is 0 Å². The van der Waals surface area contributed by atoms with E-state index < -0.39 is 28.5 Å². The summed E-state index contributed by atoms with van der Waals surface area (Å²) >= 11 is 3.49. The van der Waals surface area contributed by atoms with Crippen molar-refractivity contribution in [1.82, 2.24) is 10.2 Å². The predicted molar refractivity (Wildman–Crippen MR) is 171 cm³/mol. The Morgan fingerprint density at radius 3 is 2.30 bits per heavy atom. The van der Waals surface area contributed by atoms with Gasteiger partial charge in [0.1, 0.15) is 25.8 Å². The third-order valence-electron chi connectivity index (χ3n) is 7.31. The molecule has 0 radical (unpaired) electrons. The fraction of sp³-hybridized carbons (Fsp3) is 0.375. The lowest BCUT2D eigenvalue weighted by molar-refractivity contribution is -0.140.